The van der Waals surface area contributed by atoms with Gasteiger partial charge in [0.1, 0.15) is 11.8 Å². The summed E-state index contributed by atoms with van der Waals surface area (Å²) in [5.74, 6) is 0.236. The number of nitrogens with one attached hydrogen (secondary N) is 1. The van der Waals surface area contributed by atoms with Gasteiger partial charge in [-0.25, -0.2) is 0 Å². The molecule has 0 spiro atoms. The number of hydrogen-bond acceptors (Lipinski definition) is 3. The number of amides is 2. The number of carbonyl (C=O) groups excluding carboxylic acids is 2. The zero-order chi connectivity index (χ0) is 24.1. The zero-order valence-corrected chi connectivity index (χ0v) is 22.3. The van der Waals surface area contributed by atoms with Gasteiger partial charge in [-0.05, 0) is 70.2 Å². The molecule has 0 aromatic heterocycles. The second-order valence-corrected chi connectivity index (χ2v) is 10.4. The molecule has 0 aliphatic heterocycles. The Bertz CT molecular complexity index is 1160. The van der Waals surface area contributed by atoms with E-state index in [9.17, 15) is 9.59 Å². The number of hydrogen-bond donors (Lipinski definition) is 1. The van der Waals surface area contributed by atoms with E-state index in [-0.39, 0.29) is 24.5 Å². The first-order valence-corrected chi connectivity index (χ1v) is 13.2. The van der Waals surface area contributed by atoms with Crippen LogP contribution in [0.3, 0.4) is 0 Å². The zero-order valence-electron chi connectivity index (χ0n) is 19.1. The summed E-state index contributed by atoms with van der Waals surface area (Å²) >= 11 is 7.06. The third kappa shape index (κ3) is 5.99. The molecule has 1 N–H and O–H groups in total. The predicted octanol–water partition coefficient (Wildman–Crippen LogP) is 6.22. The van der Waals surface area contributed by atoms with E-state index in [1.54, 1.807) is 11.8 Å². The van der Waals surface area contributed by atoms with E-state index in [1.165, 1.54) is 0 Å². The van der Waals surface area contributed by atoms with Crippen molar-refractivity contribution in [2.45, 2.75) is 51.2 Å². The number of nitrogens with zero attached hydrogens (tertiary/aromatic N) is 1. The van der Waals surface area contributed by atoms with Gasteiger partial charge in [-0.15, -0.1) is 0 Å². The molecule has 4 rings (SSSR count). The van der Waals surface area contributed by atoms with Gasteiger partial charge < -0.3 is 15.0 Å². The van der Waals surface area contributed by atoms with Crippen LogP contribution in [0, 0.1) is 0 Å². The second-order valence-electron chi connectivity index (χ2n) is 8.70. The van der Waals surface area contributed by atoms with Crippen molar-refractivity contribution in [3.8, 4) is 5.75 Å². The van der Waals surface area contributed by atoms with Crippen LogP contribution in [-0.4, -0.2) is 35.4 Å². The maximum Gasteiger partial charge on any atom is 0.261 e. The molecule has 3 aromatic rings. The van der Waals surface area contributed by atoms with Gasteiger partial charge >= 0.3 is 0 Å². The molecule has 3 aromatic carbocycles. The Morgan fingerprint density at radius 3 is 2.47 bits per heavy atom. The van der Waals surface area contributed by atoms with Crippen molar-refractivity contribution < 1.29 is 14.3 Å². The molecule has 1 saturated carbocycles. The van der Waals surface area contributed by atoms with Crippen LogP contribution in [0.25, 0.3) is 10.8 Å². The molecular weight excluding hydrogens is 560 g/mol. The van der Waals surface area contributed by atoms with E-state index in [0.29, 0.717) is 12.3 Å². The van der Waals surface area contributed by atoms with Gasteiger partial charge in [0.25, 0.3) is 5.91 Å². The highest BCUT2D eigenvalue weighted by Crippen LogP contribution is 2.33. The van der Waals surface area contributed by atoms with E-state index in [1.807, 2.05) is 60.7 Å². The number of fused-ring (bicyclic) bond motifs is 1. The normalized spacial score (nSPS) is 14.7. The number of rotatable bonds is 8. The molecule has 0 heterocycles. The monoisotopic (exact) mass is 586 g/mol. The van der Waals surface area contributed by atoms with Crippen LogP contribution in [0.2, 0.25) is 0 Å². The standard InChI is InChI=1S/C27H28Br2N2O3/c1-18(27(33)30-22-7-3-4-8-22)31(16-19-10-13-21(28)14-11-19)25(32)17-34-24-15-12-20-6-2-5-9-23(20)26(24)29/h2,5-6,9-15,18,22H,3-4,7-8,16-17H2,1H3,(H,30,33). The van der Waals surface area contributed by atoms with Crippen LogP contribution in [0.5, 0.6) is 5.75 Å². The molecule has 0 bridgehead atoms. The molecule has 0 radical (unpaired) electrons. The summed E-state index contributed by atoms with van der Waals surface area (Å²) in [6, 6.07) is 19.2. The maximum absolute atomic E-state index is 13.3. The van der Waals surface area contributed by atoms with Crippen molar-refractivity contribution in [3.05, 3.63) is 75.2 Å². The molecule has 2 amide bonds. The Balaban J connectivity index is 1.49. The Kier molecular flexibility index (Phi) is 8.27. The summed E-state index contributed by atoms with van der Waals surface area (Å²) in [6.07, 6.45) is 4.27. The number of benzene rings is 3. The Hall–Kier alpha value is -2.38. The van der Waals surface area contributed by atoms with Gasteiger partial charge in [0.2, 0.25) is 5.91 Å². The summed E-state index contributed by atoms with van der Waals surface area (Å²) < 4.78 is 7.70. The van der Waals surface area contributed by atoms with Gasteiger partial charge in [0.15, 0.2) is 6.61 Å². The summed E-state index contributed by atoms with van der Waals surface area (Å²) in [5, 5.41) is 5.23. The summed E-state index contributed by atoms with van der Waals surface area (Å²) in [5.41, 5.74) is 0.948. The SMILES string of the molecule is CC(C(=O)NC1CCCC1)N(Cc1ccc(Br)cc1)C(=O)COc1ccc2ccccc2c1Br. The fourth-order valence-corrected chi connectivity index (χ4v) is 5.18. The van der Waals surface area contributed by atoms with Gasteiger partial charge in [-0.2, -0.15) is 0 Å². The largest absolute Gasteiger partial charge is 0.483 e. The molecule has 1 fully saturated rings. The van der Waals surface area contributed by atoms with Crippen molar-refractivity contribution in [1.82, 2.24) is 10.2 Å². The number of halogens is 2. The first-order valence-electron chi connectivity index (χ1n) is 11.6. The van der Waals surface area contributed by atoms with E-state index >= 15 is 0 Å². The molecule has 7 heteroatoms. The van der Waals surface area contributed by atoms with Crippen molar-refractivity contribution in [3.63, 3.8) is 0 Å². The minimum Gasteiger partial charge on any atom is -0.483 e. The predicted molar refractivity (Wildman–Crippen MR) is 142 cm³/mol. The molecule has 178 valence electrons. The smallest absolute Gasteiger partial charge is 0.261 e. The minimum atomic E-state index is -0.611. The minimum absolute atomic E-state index is 0.121. The molecule has 1 unspecified atom stereocenters. The van der Waals surface area contributed by atoms with Crippen molar-refractivity contribution in [1.29, 1.82) is 0 Å². The first-order chi connectivity index (χ1) is 16.4. The molecule has 0 saturated heterocycles. The summed E-state index contributed by atoms with van der Waals surface area (Å²) in [4.78, 5) is 27.9. The Labute approximate surface area is 217 Å². The topological polar surface area (TPSA) is 58.6 Å². The molecule has 34 heavy (non-hydrogen) atoms. The van der Waals surface area contributed by atoms with Gasteiger partial charge in [0, 0.05) is 17.1 Å². The molecule has 1 aliphatic rings. The maximum atomic E-state index is 13.3. The van der Waals surface area contributed by atoms with Gasteiger partial charge in [0.05, 0.1) is 4.47 Å². The van der Waals surface area contributed by atoms with Crippen molar-refractivity contribution in [2.75, 3.05) is 6.61 Å². The lowest BCUT2D eigenvalue weighted by Crippen LogP contribution is -2.50. The number of ether oxygens (including phenoxy) is 1. The van der Waals surface area contributed by atoms with Crippen LogP contribution >= 0.6 is 31.9 Å². The average Bonchev–Trinajstić information content (AvgIpc) is 3.36. The van der Waals surface area contributed by atoms with Gasteiger partial charge in [-0.1, -0.05) is 71.2 Å². The fraction of sp³-hybridized carbons (Fsp3) is 0.333. The van der Waals surface area contributed by atoms with Gasteiger partial charge in [-0.3, -0.25) is 9.59 Å². The van der Waals surface area contributed by atoms with Crippen LogP contribution < -0.4 is 10.1 Å². The van der Waals surface area contributed by atoms with Crippen LogP contribution in [0.4, 0.5) is 0 Å². The molecule has 5 nitrogen and oxygen atoms in total. The van der Waals surface area contributed by atoms with Crippen LogP contribution in [0.15, 0.2) is 69.6 Å². The third-order valence-electron chi connectivity index (χ3n) is 6.31. The van der Waals surface area contributed by atoms with E-state index in [0.717, 1.165) is 51.0 Å². The van der Waals surface area contributed by atoms with E-state index in [4.69, 9.17) is 4.74 Å². The Morgan fingerprint density at radius 1 is 1.03 bits per heavy atom. The number of carbonyl (C=O) groups is 2. The highest BCUT2D eigenvalue weighted by atomic mass is 79.9. The lowest BCUT2D eigenvalue weighted by molar-refractivity contribution is -0.142. The third-order valence-corrected chi connectivity index (χ3v) is 7.66. The fourth-order valence-electron chi connectivity index (χ4n) is 4.31. The summed E-state index contributed by atoms with van der Waals surface area (Å²) in [6.45, 7) is 1.95. The second kappa shape index (κ2) is 11.4. The molecule has 1 atom stereocenters. The van der Waals surface area contributed by atoms with Crippen LogP contribution in [-0.2, 0) is 16.1 Å². The lowest BCUT2D eigenvalue weighted by Gasteiger charge is -2.29. The molecule has 1 aliphatic carbocycles. The first kappa shape index (κ1) is 24.7. The molecular formula is C27H28Br2N2O3. The van der Waals surface area contributed by atoms with E-state index < -0.39 is 6.04 Å². The lowest BCUT2D eigenvalue weighted by atomic mass is 10.1. The average molecular weight is 588 g/mol. The van der Waals surface area contributed by atoms with Crippen LogP contribution in [0.1, 0.15) is 38.2 Å². The van der Waals surface area contributed by atoms with Crippen molar-refractivity contribution >= 4 is 54.4 Å². The Morgan fingerprint density at radius 2 is 1.74 bits per heavy atom. The van der Waals surface area contributed by atoms with Crippen molar-refractivity contribution in [2.24, 2.45) is 0 Å². The highest BCUT2D eigenvalue weighted by molar-refractivity contribution is 9.11. The van der Waals surface area contributed by atoms with E-state index in [2.05, 4.69) is 37.2 Å². The quantitative estimate of drug-likeness (QED) is 0.340. The highest BCUT2D eigenvalue weighted by Gasteiger charge is 2.29. The summed E-state index contributed by atoms with van der Waals surface area (Å²) in [7, 11) is 0.